The van der Waals surface area contributed by atoms with Gasteiger partial charge in [0.2, 0.25) is 0 Å². The number of unbranched alkanes of at least 4 members (excludes halogenated alkanes) is 2. The molecule has 0 aliphatic rings. The van der Waals surface area contributed by atoms with Crippen LogP contribution in [0.15, 0.2) is 20.6 Å². The second-order valence-corrected chi connectivity index (χ2v) is 7.66. The normalized spacial score (nSPS) is 11.9. The van der Waals surface area contributed by atoms with Gasteiger partial charge in [0.15, 0.2) is 9.84 Å². The molecule has 4 nitrogen and oxygen atoms in total. The predicted octanol–water partition coefficient (Wildman–Crippen LogP) is 4.08. The maximum atomic E-state index is 12.1. The van der Waals surface area contributed by atoms with Crippen LogP contribution in [-0.4, -0.2) is 20.8 Å². The summed E-state index contributed by atoms with van der Waals surface area (Å²) in [5.74, 6) is 0.185. The third kappa shape index (κ3) is 5.83. The number of rotatable bonds is 10. The van der Waals surface area contributed by atoms with E-state index in [1.165, 1.54) is 11.3 Å². The van der Waals surface area contributed by atoms with Crippen LogP contribution in [0.25, 0.3) is 0 Å². The van der Waals surface area contributed by atoms with Crippen molar-refractivity contribution in [2.75, 3.05) is 12.4 Å². The summed E-state index contributed by atoms with van der Waals surface area (Å²) in [4.78, 5) is 5.93. The largest absolute Gasteiger partial charge is 0.224 e. The molecule has 0 amide bonds. The standard InChI is InChI=1S/C12H20O4S3/c1-3-5-7-15-16-18-11-9-17-10-12(11)19(13,14)8-6-4-2/h9-10H,3-8H2,1-2H3. The third-order valence-corrected chi connectivity index (χ3v) is 6.13. The average molecular weight is 324 g/mol. The molecule has 1 rings (SSSR count). The van der Waals surface area contributed by atoms with E-state index < -0.39 is 9.84 Å². The van der Waals surface area contributed by atoms with Crippen LogP contribution in [0.1, 0.15) is 39.5 Å². The Balaban J connectivity index is 2.55. The van der Waals surface area contributed by atoms with Gasteiger partial charge in [-0.2, -0.15) is 4.33 Å². The van der Waals surface area contributed by atoms with Crippen LogP contribution >= 0.6 is 23.4 Å². The highest BCUT2D eigenvalue weighted by atomic mass is 32.2. The van der Waals surface area contributed by atoms with Crippen LogP contribution in [0.5, 0.6) is 0 Å². The van der Waals surface area contributed by atoms with Gasteiger partial charge in [0.1, 0.15) is 0 Å². The number of hydrogen-bond acceptors (Lipinski definition) is 6. The summed E-state index contributed by atoms with van der Waals surface area (Å²) in [7, 11) is -3.20. The van der Waals surface area contributed by atoms with Crippen molar-refractivity contribution in [2.24, 2.45) is 0 Å². The fourth-order valence-electron chi connectivity index (χ4n) is 1.30. The van der Waals surface area contributed by atoms with Crippen molar-refractivity contribution < 1.29 is 17.6 Å². The summed E-state index contributed by atoms with van der Waals surface area (Å²) in [6.07, 6.45) is 3.49. The number of thiophene rings is 1. The fourth-order valence-corrected chi connectivity index (χ4v) is 5.17. The van der Waals surface area contributed by atoms with Gasteiger partial charge in [-0.1, -0.05) is 26.7 Å². The Labute approximate surface area is 123 Å². The molecule has 0 aromatic carbocycles. The fraction of sp³-hybridized carbons (Fsp3) is 0.667. The van der Waals surface area contributed by atoms with E-state index >= 15 is 0 Å². The second kappa shape index (κ2) is 8.97. The van der Waals surface area contributed by atoms with Gasteiger partial charge in [-0.15, -0.1) is 11.3 Å². The Morgan fingerprint density at radius 2 is 1.95 bits per heavy atom. The zero-order chi connectivity index (χ0) is 14.1. The van der Waals surface area contributed by atoms with Crippen LogP contribution in [0.3, 0.4) is 0 Å². The molecular weight excluding hydrogens is 304 g/mol. The molecule has 7 heteroatoms. The van der Waals surface area contributed by atoms with Gasteiger partial charge in [0.05, 0.1) is 34.2 Å². The van der Waals surface area contributed by atoms with Gasteiger partial charge in [0.25, 0.3) is 0 Å². The molecule has 1 aromatic rings. The van der Waals surface area contributed by atoms with Crippen molar-refractivity contribution in [3.8, 4) is 0 Å². The van der Waals surface area contributed by atoms with E-state index in [1.807, 2.05) is 6.92 Å². The van der Waals surface area contributed by atoms with Gasteiger partial charge < -0.3 is 0 Å². The highest BCUT2D eigenvalue weighted by molar-refractivity contribution is 7.96. The molecule has 0 spiro atoms. The SMILES string of the molecule is CCCCOOSc1cscc1S(=O)(=O)CCCC. The topological polar surface area (TPSA) is 52.6 Å². The molecule has 0 atom stereocenters. The Bertz CT molecular complexity index is 453. The minimum absolute atomic E-state index is 0.185. The smallest absolute Gasteiger partial charge is 0.180 e. The van der Waals surface area contributed by atoms with E-state index in [0.29, 0.717) is 22.8 Å². The first kappa shape index (κ1) is 17.0. The Kier molecular flexibility index (Phi) is 8.01. The zero-order valence-corrected chi connectivity index (χ0v) is 13.7. The lowest BCUT2D eigenvalue weighted by Crippen LogP contribution is -2.06. The van der Waals surface area contributed by atoms with Gasteiger partial charge in [-0.3, -0.25) is 0 Å². The molecule has 0 aliphatic heterocycles. The van der Waals surface area contributed by atoms with Crippen molar-refractivity contribution >= 4 is 33.2 Å². The predicted molar refractivity (Wildman–Crippen MR) is 79.1 cm³/mol. The lowest BCUT2D eigenvalue weighted by atomic mass is 10.4. The molecule has 0 radical (unpaired) electrons. The molecular formula is C12H20O4S3. The maximum Gasteiger partial charge on any atom is 0.180 e. The van der Waals surface area contributed by atoms with Gasteiger partial charge >= 0.3 is 0 Å². The molecule has 0 unspecified atom stereocenters. The molecule has 0 N–H and O–H groups in total. The summed E-state index contributed by atoms with van der Waals surface area (Å²) in [5.41, 5.74) is 0. The lowest BCUT2D eigenvalue weighted by Gasteiger charge is -2.05. The zero-order valence-electron chi connectivity index (χ0n) is 11.3. The van der Waals surface area contributed by atoms with Gasteiger partial charge in [-0.05, 0) is 12.8 Å². The lowest BCUT2D eigenvalue weighted by molar-refractivity contribution is -0.191. The molecule has 0 aliphatic carbocycles. The first-order valence-electron chi connectivity index (χ1n) is 6.37. The third-order valence-electron chi connectivity index (χ3n) is 2.45. The molecule has 0 fully saturated rings. The van der Waals surface area contributed by atoms with E-state index in [0.717, 1.165) is 31.3 Å². The summed E-state index contributed by atoms with van der Waals surface area (Å²) < 4.78 is 29.2. The Hall–Kier alpha value is -0.0800. The summed E-state index contributed by atoms with van der Waals surface area (Å²) in [6.45, 7) is 4.56. The molecule has 1 heterocycles. The minimum atomic E-state index is -3.20. The maximum absolute atomic E-state index is 12.1. The van der Waals surface area contributed by atoms with E-state index in [-0.39, 0.29) is 5.75 Å². The Morgan fingerprint density at radius 1 is 1.21 bits per heavy atom. The molecule has 110 valence electrons. The van der Waals surface area contributed by atoms with Crippen LogP contribution in [-0.2, 0) is 19.1 Å². The van der Waals surface area contributed by atoms with Crippen LogP contribution in [0, 0.1) is 0 Å². The minimum Gasteiger partial charge on any atom is -0.224 e. The summed E-state index contributed by atoms with van der Waals surface area (Å²) in [5, 5.41) is 3.43. The highest BCUT2D eigenvalue weighted by Gasteiger charge is 2.20. The van der Waals surface area contributed by atoms with E-state index in [2.05, 4.69) is 6.92 Å². The van der Waals surface area contributed by atoms with Crippen LogP contribution in [0.4, 0.5) is 0 Å². The Morgan fingerprint density at radius 3 is 2.63 bits per heavy atom. The highest BCUT2D eigenvalue weighted by Crippen LogP contribution is 2.32. The van der Waals surface area contributed by atoms with Crippen molar-refractivity contribution in [3.63, 3.8) is 0 Å². The molecule has 19 heavy (non-hydrogen) atoms. The second-order valence-electron chi connectivity index (χ2n) is 4.10. The van der Waals surface area contributed by atoms with Crippen molar-refractivity contribution in [3.05, 3.63) is 10.8 Å². The molecule has 0 saturated heterocycles. The summed E-state index contributed by atoms with van der Waals surface area (Å²) >= 11 is 2.33. The van der Waals surface area contributed by atoms with E-state index in [4.69, 9.17) is 9.22 Å². The monoisotopic (exact) mass is 324 g/mol. The molecule has 1 aromatic heterocycles. The number of hydrogen-bond donors (Lipinski definition) is 0. The first-order valence-corrected chi connectivity index (χ1v) is 9.70. The van der Waals surface area contributed by atoms with Crippen LogP contribution in [0.2, 0.25) is 0 Å². The van der Waals surface area contributed by atoms with Gasteiger partial charge in [0, 0.05) is 10.8 Å². The molecule has 0 saturated carbocycles. The quantitative estimate of drug-likeness (QED) is 0.281. The first-order chi connectivity index (χ1) is 9.11. The molecule has 0 bridgehead atoms. The van der Waals surface area contributed by atoms with Gasteiger partial charge in [-0.25, -0.2) is 13.3 Å². The van der Waals surface area contributed by atoms with Crippen molar-refractivity contribution in [1.29, 1.82) is 0 Å². The average Bonchev–Trinajstić information content (AvgIpc) is 2.85. The van der Waals surface area contributed by atoms with Crippen molar-refractivity contribution in [1.82, 2.24) is 0 Å². The van der Waals surface area contributed by atoms with E-state index in [9.17, 15) is 8.42 Å². The summed E-state index contributed by atoms with van der Waals surface area (Å²) in [6, 6.07) is 0. The number of sulfone groups is 1. The van der Waals surface area contributed by atoms with E-state index in [1.54, 1.807) is 10.8 Å². The van der Waals surface area contributed by atoms with Crippen molar-refractivity contribution in [2.45, 2.75) is 49.3 Å². The van der Waals surface area contributed by atoms with Crippen LogP contribution < -0.4 is 0 Å².